The summed E-state index contributed by atoms with van der Waals surface area (Å²) in [7, 11) is 0. The Morgan fingerprint density at radius 2 is 2.29 bits per heavy atom. The fourth-order valence-corrected chi connectivity index (χ4v) is 0.221. The minimum Gasteiger partial charge on any atom is -0.412 e. The van der Waals surface area contributed by atoms with E-state index in [0.29, 0.717) is 0 Å². The van der Waals surface area contributed by atoms with Crippen molar-refractivity contribution in [3.63, 3.8) is 0 Å². The maximum atomic E-state index is 9.90. The van der Waals surface area contributed by atoms with Gasteiger partial charge in [0, 0.05) is 6.08 Å². The van der Waals surface area contributed by atoms with Crippen LogP contribution < -0.4 is 0 Å². The van der Waals surface area contributed by atoms with Gasteiger partial charge in [-0.1, -0.05) is 0 Å². The average molecular weight is 100 g/mol. The first-order valence-electron chi connectivity index (χ1n) is 1.51. The van der Waals surface area contributed by atoms with Gasteiger partial charge in [0.25, 0.3) is 5.91 Å². The van der Waals surface area contributed by atoms with E-state index in [9.17, 15) is 4.79 Å². The molecule has 4 heteroatoms. The second-order valence-electron chi connectivity index (χ2n) is 0.869. The Balaban J connectivity index is 0.000000360. The van der Waals surface area contributed by atoms with Crippen LogP contribution in [0.3, 0.4) is 0 Å². The quantitative estimate of drug-likeness (QED) is 0.410. The summed E-state index contributed by atoms with van der Waals surface area (Å²) in [4.78, 5) is 9.90. The smallest absolute Gasteiger partial charge is 0.289 e. The van der Waals surface area contributed by atoms with E-state index in [4.69, 9.17) is 0 Å². The molecule has 0 radical (unpaired) electrons. The molecule has 0 aliphatic carbocycles. The molecule has 0 saturated carbocycles. The summed E-state index contributed by atoms with van der Waals surface area (Å²) in [6, 6.07) is 0. The number of hydrogen-bond donors (Lipinski definition) is 0. The Kier molecular flexibility index (Phi) is 1.87. The fourth-order valence-electron chi connectivity index (χ4n) is 0.221. The van der Waals surface area contributed by atoms with Gasteiger partial charge in [-0.05, 0) is 0 Å². The Morgan fingerprint density at radius 3 is 2.43 bits per heavy atom. The van der Waals surface area contributed by atoms with Crippen LogP contribution in [0.25, 0.3) is 0 Å². The molecule has 1 aliphatic rings. The largest absolute Gasteiger partial charge is 0.412 e. The number of carbonyl (C=O) groups is 1. The third kappa shape index (κ3) is 1.23. The van der Waals surface area contributed by atoms with Gasteiger partial charge < -0.3 is 5.48 Å². The van der Waals surface area contributed by atoms with Gasteiger partial charge in [-0.3, -0.25) is 4.79 Å². The summed E-state index contributed by atoms with van der Waals surface area (Å²) in [6.07, 6.45) is 2.67. The van der Waals surface area contributed by atoms with Crippen LogP contribution in [0, 0.1) is 0 Å². The summed E-state index contributed by atoms with van der Waals surface area (Å²) in [5.74, 6) is -0.269. The van der Waals surface area contributed by atoms with E-state index in [1.165, 1.54) is 12.3 Å². The number of azo groups is 1. The van der Waals surface area contributed by atoms with Crippen molar-refractivity contribution < 1.29 is 10.3 Å². The minimum atomic E-state index is -0.269. The van der Waals surface area contributed by atoms with Crippen molar-refractivity contribution in [2.24, 2.45) is 10.2 Å². The lowest BCUT2D eigenvalue weighted by atomic mass is 10.6. The Hall–Kier alpha value is -1.03. The van der Waals surface area contributed by atoms with Gasteiger partial charge >= 0.3 is 0 Å². The van der Waals surface area contributed by atoms with Crippen molar-refractivity contribution in [1.82, 2.24) is 0 Å². The van der Waals surface area contributed by atoms with E-state index in [0.717, 1.165) is 0 Å². The van der Waals surface area contributed by atoms with Crippen LogP contribution in [0.4, 0.5) is 0 Å². The van der Waals surface area contributed by atoms with E-state index in [2.05, 4.69) is 10.2 Å². The summed E-state index contributed by atoms with van der Waals surface area (Å²) < 4.78 is 0. The molecule has 0 saturated heterocycles. The molecule has 0 unspecified atom stereocenters. The topological polar surface area (TPSA) is 73.3 Å². The maximum absolute atomic E-state index is 9.90. The zero-order chi connectivity index (χ0) is 4.41. The number of carbonyl (C=O) groups excluding carboxylic acids is 1. The van der Waals surface area contributed by atoms with Crippen LogP contribution in [0.15, 0.2) is 22.5 Å². The van der Waals surface area contributed by atoms with E-state index >= 15 is 0 Å². The van der Waals surface area contributed by atoms with Crippen LogP contribution in [0.5, 0.6) is 0 Å². The minimum absolute atomic E-state index is 0. The van der Waals surface area contributed by atoms with Crippen LogP contribution >= 0.6 is 0 Å². The maximum Gasteiger partial charge on any atom is 0.289 e. The summed E-state index contributed by atoms with van der Waals surface area (Å²) in [6.45, 7) is 0. The normalized spacial score (nSPS) is 14.6. The number of hydrogen-bond acceptors (Lipinski definition) is 2. The zero-order valence-corrected chi connectivity index (χ0v) is 3.46. The van der Waals surface area contributed by atoms with E-state index in [1.54, 1.807) is 0 Å². The Morgan fingerprint density at radius 1 is 1.57 bits per heavy atom. The summed E-state index contributed by atoms with van der Waals surface area (Å²) >= 11 is 0. The highest BCUT2D eigenvalue weighted by Crippen LogP contribution is 1.90. The van der Waals surface area contributed by atoms with Gasteiger partial charge in [0.05, 0.1) is 6.20 Å². The van der Waals surface area contributed by atoms with Crippen molar-refractivity contribution in [2.45, 2.75) is 0 Å². The molecule has 1 aliphatic heterocycles. The highest BCUT2D eigenvalue weighted by atomic mass is 16.1. The van der Waals surface area contributed by atoms with Crippen molar-refractivity contribution in [3.8, 4) is 0 Å². The lowest BCUT2D eigenvalue weighted by Crippen LogP contribution is -1.74. The second-order valence-corrected chi connectivity index (χ2v) is 0.869. The zero-order valence-electron chi connectivity index (χ0n) is 3.46. The monoisotopic (exact) mass is 100 g/mol. The van der Waals surface area contributed by atoms with Crippen molar-refractivity contribution in [1.29, 1.82) is 0 Å². The predicted octanol–water partition coefficient (Wildman–Crippen LogP) is -0.332. The standard InChI is InChI=1S/C3H2N2O.H2O/c6-3-1-2-4-5-3;/h1-2H;1H2. The lowest BCUT2D eigenvalue weighted by Gasteiger charge is -1.59. The molecule has 0 aromatic rings. The van der Waals surface area contributed by atoms with Crippen molar-refractivity contribution >= 4 is 5.91 Å². The third-order valence-electron chi connectivity index (χ3n) is 0.440. The number of nitrogens with zero attached hydrogens (tertiary/aromatic N) is 2. The third-order valence-corrected chi connectivity index (χ3v) is 0.440. The highest BCUT2D eigenvalue weighted by Gasteiger charge is 1.92. The first-order valence-corrected chi connectivity index (χ1v) is 1.51. The van der Waals surface area contributed by atoms with Crippen molar-refractivity contribution in [2.75, 3.05) is 0 Å². The SMILES string of the molecule is O.O=C1C=CN=N1. The summed E-state index contributed by atoms with van der Waals surface area (Å²) in [5.41, 5.74) is 0. The molecule has 1 amide bonds. The lowest BCUT2D eigenvalue weighted by molar-refractivity contribution is -0.113. The molecule has 0 aromatic heterocycles. The first kappa shape index (κ1) is 5.97. The number of amides is 1. The molecule has 0 atom stereocenters. The average Bonchev–Trinajstić information content (AvgIpc) is 1.86. The fraction of sp³-hybridized carbons (Fsp3) is 0. The molecule has 1 rings (SSSR count). The van der Waals surface area contributed by atoms with Crippen LogP contribution in [0.2, 0.25) is 0 Å². The molecule has 7 heavy (non-hydrogen) atoms. The predicted molar refractivity (Wildman–Crippen MR) is 22.6 cm³/mol. The molecule has 0 fully saturated rings. The van der Waals surface area contributed by atoms with Crippen LogP contribution in [0.1, 0.15) is 0 Å². The second kappa shape index (κ2) is 2.20. The van der Waals surface area contributed by atoms with Gasteiger partial charge in [-0.2, -0.15) is 5.11 Å². The van der Waals surface area contributed by atoms with Gasteiger partial charge in [0.2, 0.25) is 0 Å². The molecule has 1 heterocycles. The molecular formula is C3H4N2O2. The molecule has 38 valence electrons. The van der Waals surface area contributed by atoms with Gasteiger partial charge in [0.15, 0.2) is 0 Å². The van der Waals surface area contributed by atoms with E-state index < -0.39 is 0 Å². The molecule has 4 nitrogen and oxygen atoms in total. The Labute approximate surface area is 39.9 Å². The molecule has 2 N–H and O–H groups in total. The molecule has 0 spiro atoms. The number of rotatable bonds is 0. The Bertz CT molecular complexity index is 113. The van der Waals surface area contributed by atoms with Crippen LogP contribution in [-0.2, 0) is 4.79 Å². The van der Waals surface area contributed by atoms with Gasteiger partial charge in [0.1, 0.15) is 0 Å². The van der Waals surface area contributed by atoms with Gasteiger partial charge in [-0.25, -0.2) is 0 Å². The highest BCUT2D eigenvalue weighted by molar-refractivity contribution is 5.89. The van der Waals surface area contributed by atoms with E-state index in [1.807, 2.05) is 0 Å². The van der Waals surface area contributed by atoms with Crippen LogP contribution in [-0.4, -0.2) is 11.4 Å². The molecule has 0 bridgehead atoms. The first-order chi connectivity index (χ1) is 2.89. The molecular weight excluding hydrogens is 96.0 g/mol. The van der Waals surface area contributed by atoms with Crippen molar-refractivity contribution in [3.05, 3.63) is 12.3 Å². The summed E-state index contributed by atoms with van der Waals surface area (Å²) in [5, 5.41) is 6.37. The van der Waals surface area contributed by atoms with Gasteiger partial charge in [-0.15, -0.1) is 5.11 Å². The molecule has 0 aromatic carbocycles. The van der Waals surface area contributed by atoms with E-state index in [-0.39, 0.29) is 11.4 Å².